The first-order valence-electron chi connectivity index (χ1n) is 42.8. The third-order valence-electron chi connectivity index (χ3n) is 31.8. The van der Waals surface area contributed by atoms with Gasteiger partial charge in [-0.05, 0) is 239 Å². The van der Waals surface area contributed by atoms with Crippen LogP contribution in [0.1, 0.15) is 187 Å². The Hall–Kier alpha value is -7.17. The molecule has 3 N–H and O–H groups in total. The number of pyridine rings is 1. The molecule has 0 spiro atoms. The average Bonchev–Trinajstić information content (AvgIpc) is 1.57. The Bertz CT molecular complexity index is 5650. The number of benzene rings is 2. The molecule has 0 aliphatic heterocycles. The zero-order valence-corrected chi connectivity index (χ0v) is 77.9. The molecule has 2 aromatic carbocycles. The van der Waals surface area contributed by atoms with E-state index in [-0.39, 0.29) is 149 Å². The highest BCUT2D eigenvalue weighted by molar-refractivity contribution is 8.13. The van der Waals surface area contributed by atoms with Crippen LogP contribution in [0.25, 0.3) is 0 Å². The first kappa shape index (κ1) is 93.1. The van der Waals surface area contributed by atoms with Crippen LogP contribution in [0.3, 0.4) is 0 Å². The highest BCUT2D eigenvalue weighted by Gasteiger charge is 2.80. The fourth-order valence-corrected chi connectivity index (χ4v) is 31.3. The molecule has 9 fully saturated rings. The monoisotopic (exact) mass is 1910 g/mol. The molecule has 12 aliphatic rings. The lowest BCUT2D eigenvalue weighted by Gasteiger charge is -2.64. The molecule has 19 nitrogen and oxygen atoms in total. The second-order valence-corrected chi connectivity index (χ2v) is 43.4. The van der Waals surface area contributed by atoms with Crippen molar-refractivity contribution in [3.8, 4) is 0 Å². The van der Waals surface area contributed by atoms with E-state index >= 15 is 0 Å². The summed E-state index contributed by atoms with van der Waals surface area (Å²) in [5.41, 5.74) is -5.21. The van der Waals surface area contributed by atoms with E-state index in [1.54, 1.807) is 54.8 Å². The smallest absolute Gasteiger partial charge is 0.375 e. The SMILES string of the molecule is CC12C=CC(=O)C=C1CCC1C2[C@@H](O)CC2(C)C1CC[C@]2(OC(=O)c1ccco1)C(=O)SCc1cc(F)c(Cl)cc1Cl.C[C@@H]1CC2C3CCC4=CC(=O)C=CC4(C)[C@@]3(Cl)[C@@H](O)CC2(C)[C@@]1(OC(=O)c1ccco1)C(=O)SCc1cc(F)c(Cl)cc1Cl.C[C@@H]1CC2C3CCC4=CC(=O)C=CC4(C)[C@@]3(Cl)[C@@H](O)CC2(C)[C@@]1(OC(=O)c1ccco1)C(=O)SCc1ccccn1. The topological polar surface area (TPSA) is 294 Å². The Kier molecular flexibility index (Phi) is 25.3. The Balaban J connectivity index is 0.000000140. The van der Waals surface area contributed by atoms with Crippen molar-refractivity contribution in [1.82, 2.24) is 4.98 Å². The molecule has 0 radical (unpaired) electrons. The number of thioether (sulfide) groups is 3. The number of carbonyl (C=O) groups excluding carboxylic acids is 9. The van der Waals surface area contributed by atoms with Gasteiger partial charge in [-0.15, -0.1) is 23.2 Å². The summed E-state index contributed by atoms with van der Waals surface area (Å²) in [5, 5.41) is 35.0. The Morgan fingerprint density at radius 2 is 0.929 bits per heavy atom. The molecule has 4 aromatic heterocycles. The van der Waals surface area contributed by atoms with Crippen LogP contribution in [0.4, 0.5) is 8.78 Å². The van der Waals surface area contributed by atoms with Crippen molar-refractivity contribution >= 4 is 155 Å². The first-order chi connectivity index (χ1) is 60.0. The number of carbonyl (C=O) groups is 9. The van der Waals surface area contributed by atoms with Crippen LogP contribution in [-0.2, 0) is 60.2 Å². The molecule has 0 amide bonds. The van der Waals surface area contributed by atoms with Gasteiger partial charge in [-0.2, -0.15) is 0 Å². The number of hydrogen-bond acceptors (Lipinski definition) is 22. The number of allylic oxidation sites excluding steroid dienone is 12. The van der Waals surface area contributed by atoms with Gasteiger partial charge in [0, 0.05) is 83.7 Å². The predicted molar refractivity (Wildman–Crippen MR) is 480 cm³/mol. The number of aromatic nitrogens is 1. The number of aliphatic hydroxyl groups is 3. The van der Waals surface area contributed by atoms with Crippen LogP contribution in [0.2, 0.25) is 20.1 Å². The summed E-state index contributed by atoms with van der Waals surface area (Å²) < 4.78 is 63.4. The van der Waals surface area contributed by atoms with Crippen molar-refractivity contribution in [3.05, 3.63) is 241 Å². The molecule has 13 unspecified atom stereocenters. The van der Waals surface area contributed by atoms with Gasteiger partial charge in [0.1, 0.15) is 11.6 Å². The van der Waals surface area contributed by atoms with E-state index < -0.39 is 118 Å². The number of esters is 3. The summed E-state index contributed by atoms with van der Waals surface area (Å²) >= 11 is 42.4. The number of halogens is 8. The van der Waals surface area contributed by atoms with Gasteiger partial charge in [-0.3, -0.25) is 33.8 Å². The lowest BCUT2D eigenvalue weighted by Crippen LogP contribution is -2.69. The number of ether oxygens (including phenoxy) is 3. The molecule has 18 rings (SSSR count). The van der Waals surface area contributed by atoms with Crippen LogP contribution in [0.15, 0.2) is 189 Å². The fourth-order valence-electron chi connectivity index (χ4n) is 25.7. The Labute approximate surface area is 777 Å². The van der Waals surface area contributed by atoms with E-state index in [1.165, 1.54) is 67.3 Å². The van der Waals surface area contributed by atoms with Gasteiger partial charge in [0.2, 0.25) is 32.6 Å². The van der Waals surface area contributed by atoms with Crippen molar-refractivity contribution in [2.75, 3.05) is 0 Å². The standard InChI is InChI=1S/C33H32Cl3FO6S.C32H31Cl2FO6S.C32H34ClNO6S/c1-17-11-22-21-7-6-19-13-20(38)8-9-30(19,2)32(21,36)27(39)15-31(22,3)33(17,43-28(40)26-5-4-10-42-26)29(41)44-16-18-12-25(37)24(35)14-23(18)34;1-30-9-7-19(36)13-18(30)5-6-20-21-8-10-32(31(21,2)15-25(37)27(20)30,41-28(38)26-4-3-11-40-26)29(39)42-16-17-12-24(35)23(34)14-22(17)33;1-19-15-24-23-10-9-20-16-22(35)11-12-29(20,2)31(23,33)26(36)17-30(24,3)32(19,40-27(37)25-8-6-14-39-25)28(38)41-18-21-7-4-5-13-34-21/h4-5,8-10,12-14,17,21-22,27,39H,6-7,11,15-16H2,1-3H3;3-4,7,9,11-14,20-21,25,27,37H,5-6,8,10,15-16H2,1-2H3;4-8,11-14,16,19,23-24,26,36H,9-10,15,17-18H2,1-3H3/t17-,21?,22?,27+,30?,31?,32+,33+;20?,21?,25-,27?,30?,31?,32-;19-,23?,24?,26+,29?,30?,31+,32+/m101/s1. The quantitative estimate of drug-likeness (QED) is 0.0372. The highest BCUT2D eigenvalue weighted by atomic mass is 35.5. The van der Waals surface area contributed by atoms with Crippen molar-refractivity contribution in [2.24, 2.45) is 85.8 Å². The molecule has 4 heterocycles. The summed E-state index contributed by atoms with van der Waals surface area (Å²) in [6.07, 6.45) is 24.6. The lowest BCUT2D eigenvalue weighted by atomic mass is 9.46. The second-order valence-electron chi connectivity index (χ2n) is 37.7. The number of fused-ring (bicyclic) bond motifs is 15. The minimum absolute atomic E-state index is 0.00967. The van der Waals surface area contributed by atoms with Crippen molar-refractivity contribution in [1.29, 1.82) is 0 Å². The number of aliphatic hydroxyl groups excluding tert-OH is 3. The third kappa shape index (κ3) is 14.8. The minimum atomic E-state index is -1.68. The highest BCUT2D eigenvalue weighted by Crippen LogP contribution is 2.76. The van der Waals surface area contributed by atoms with Crippen LogP contribution in [0, 0.1) is 97.4 Å². The molecule has 0 saturated heterocycles. The molecule has 23 atom stereocenters. The summed E-state index contributed by atoms with van der Waals surface area (Å²) in [6.45, 7) is 15.7. The molecular weight excluding hydrogens is 1810 g/mol. The number of rotatable bonds is 15. The molecule has 127 heavy (non-hydrogen) atoms. The zero-order chi connectivity index (χ0) is 91.1. The van der Waals surface area contributed by atoms with E-state index in [2.05, 4.69) is 11.9 Å². The molecule has 9 saturated carbocycles. The maximum absolute atomic E-state index is 14.6. The largest absolute Gasteiger partial charge is 0.457 e. The second kappa shape index (κ2) is 34.5. The minimum Gasteiger partial charge on any atom is -0.457 e. The molecule has 6 aromatic rings. The van der Waals surface area contributed by atoms with E-state index in [9.17, 15) is 67.3 Å². The Morgan fingerprint density at radius 3 is 1.38 bits per heavy atom. The summed E-state index contributed by atoms with van der Waals surface area (Å²) in [4.78, 5) is 122. The van der Waals surface area contributed by atoms with E-state index in [1.807, 2.05) is 84.9 Å². The summed E-state index contributed by atoms with van der Waals surface area (Å²) in [5.74, 6) is -5.16. The van der Waals surface area contributed by atoms with Crippen LogP contribution in [-0.4, -0.2) is 116 Å². The number of hydrogen-bond donors (Lipinski definition) is 3. The molecule has 12 aliphatic carbocycles. The molecule has 30 heteroatoms. The van der Waals surface area contributed by atoms with Gasteiger partial charge >= 0.3 is 17.9 Å². The van der Waals surface area contributed by atoms with Gasteiger partial charge in [-0.25, -0.2) is 23.2 Å². The number of nitrogens with zero attached hydrogens (tertiary/aromatic N) is 1. The van der Waals surface area contributed by atoms with Crippen molar-refractivity contribution < 1.29 is 94.7 Å². The molecule has 0 bridgehead atoms. The number of furan rings is 3. The van der Waals surface area contributed by atoms with E-state index in [4.69, 9.17) is 97.1 Å². The average molecular weight is 1910 g/mol. The van der Waals surface area contributed by atoms with Gasteiger partial charge in [0.15, 0.2) is 34.2 Å². The summed E-state index contributed by atoms with van der Waals surface area (Å²) in [7, 11) is 0. The Morgan fingerprint density at radius 1 is 0.496 bits per heavy atom. The van der Waals surface area contributed by atoms with Crippen molar-refractivity contribution in [3.63, 3.8) is 0 Å². The first-order valence-corrected chi connectivity index (χ1v) is 48.0. The third-order valence-corrected chi connectivity index (χ3v) is 38.0. The summed E-state index contributed by atoms with van der Waals surface area (Å²) in [6, 6.07) is 19.7. The van der Waals surface area contributed by atoms with Crippen LogP contribution < -0.4 is 0 Å². The van der Waals surface area contributed by atoms with Gasteiger partial charge in [-0.1, -0.05) is 178 Å². The van der Waals surface area contributed by atoms with Crippen LogP contribution in [0.5, 0.6) is 0 Å². The number of alkyl halides is 2. The maximum atomic E-state index is 14.6. The van der Waals surface area contributed by atoms with Gasteiger partial charge in [0.25, 0.3) is 0 Å². The normalized spacial score (nSPS) is 37.3. The van der Waals surface area contributed by atoms with E-state index in [0.717, 1.165) is 70.5 Å². The van der Waals surface area contributed by atoms with Gasteiger partial charge < -0.3 is 42.8 Å². The predicted octanol–water partition coefficient (Wildman–Crippen LogP) is 21.2. The molecule has 672 valence electrons. The van der Waals surface area contributed by atoms with Crippen molar-refractivity contribution in [2.45, 2.75) is 201 Å². The van der Waals surface area contributed by atoms with Crippen LogP contribution >= 0.6 is 105 Å². The number of ketones is 3. The van der Waals surface area contributed by atoms with E-state index in [0.29, 0.717) is 61.8 Å². The van der Waals surface area contributed by atoms with Gasteiger partial charge in [0.05, 0.1) is 62.6 Å². The maximum Gasteiger partial charge on any atom is 0.375 e. The lowest BCUT2D eigenvalue weighted by molar-refractivity contribution is -0.172. The molecular formula is C97H97Cl6F2NO18S3. The fraction of sp³-hybridized carbons (Fsp3) is 0.485. The zero-order valence-electron chi connectivity index (χ0n) is 70.9.